The number of fused-ring (bicyclic) bond motifs is 1. The molecule has 8 nitrogen and oxygen atoms in total. The Morgan fingerprint density at radius 2 is 2.24 bits per heavy atom. The first kappa shape index (κ1) is 17.8. The molecule has 4 aromatic rings. The predicted molar refractivity (Wildman–Crippen MR) is 109 cm³/mol. The van der Waals surface area contributed by atoms with E-state index >= 15 is 0 Å². The van der Waals surface area contributed by atoms with E-state index < -0.39 is 0 Å². The van der Waals surface area contributed by atoms with Crippen LogP contribution in [0.15, 0.2) is 45.7 Å². The molecule has 10 heteroatoms. The molecule has 0 bridgehead atoms. The molecule has 0 atom stereocenters. The van der Waals surface area contributed by atoms with Gasteiger partial charge in [-0.15, -0.1) is 0 Å². The van der Waals surface area contributed by atoms with E-state index in [-0.39, 0.29) is 11.8 Å². The Morgan fingerprint density at radius 3 is 3.03 bits per heavy atom. The van der Waals surface area contributed by atoms with Gasteiger partial charge in [0, 0.05) is 29.3 Å². The van der Waals surface area contributed by atoms with Crippen molar-refractivity contribution in [3.8, 4) is 11.5 Å². The number of nitrogens with one attached hydrogen (secondary N) is 2. The van der Waals surface area contributed by atoms with Gasteiger partial charge in [-0.05, 0) is 23.6 Å². The first-order valence-electron chi connectivity index (χ1n) is 8.88. The molecule has 0 aromatic carbocycles. The second-order valence-corrected chi connectivity index (χ2v) is 8.34. The van der Waals surface area contributed by atoms with Gasteiger partial charge in [0.1, 0.15) is 5.69 Å². The molecule has 2 N–H and O–H groups in total. The normalized spacial score (nSPS) is 13.3. The van der Waals surface area contributed by atoms with Crippen LogP contribution < -0.4 is 5.32 Å². The first-order valence-corrected chi connectivity index (χ1v) is 10.6. The van der Waals surface area contributed by atoms with Crippen molar-refractivity contribution in [3.63, 3.8) is 0 Å². The molecule has 29 heavy (non-hydrogen) atoms. The average Bonchev–Trinajstić information content (AvgIpc) is 3.53. The van der Waals surface area contributed by atoms with E-state index in [4.69, 9.17) is 4.42 Å². The summed E-state index contributed by atoms with van der Waals surface area (Å²) < 4.78 is 5.33. The fourth-order valence-electron chi connectivity index (χ4n) is 3.14. The number of amides is 2. The number of carbonyl (C=O) groups excluding carboxylic acids is 2. The summed E-state index contributed by atoms with van der Waals surface area (Å²) in [5.74, 6) is 0.306. The molecule has 5 rings (SSSR count). The Bertz CT molecular complexity index is 1160. The number of hydrogen-bond donors (Lipinski definition) is 2. The molecular weight excluding hydrogens is 410 g/mol. The molecular formula is C19H15N5O3S2. The third-order valence-electron chi connectivity index (χ3n) is 4.61. The summed E-state index contributed by atoms with van der Waals surface area (Å²) in [6.45, 7) is 1.000. The summed E-state index contributed by atoms with van der Waals surface area (Å²) in [5, 5.41) is 14.0. The van der Waals surface area contributed by atoms with E-state index in [0.29, 0.717) is 47.4 Å². The largest absolute Gasteiger partial charge is 0.463 e. The molecule has 146 valence electrons. The summed E-state index contributed by atoms with van der Waals surface area (Å²) in [4.78, 5) is 32.3. The fourth-order valence-corrected chi connectivity index (χ4v) is 4.79. The van der Waals surface area contributed by atoms with Crippen molar-refractivity contribution in [2.45, 2.75) is 13.0 Å². The number of aromatic amines is 1. The molecule has 0 radical (unpaired) electrons. The van der Waals surface area contributed by atoms with E-state index in [1.54, 1.807) is 40.8 Å². The van der Waals surface area contributed by atoms with Crippen LogP contribution in [0.25, 0.3) is 11.5 Å². The van der Waals surface area contributed by atoms with Gasteiger partial charge in [0.15, 0.2) is 16.6 Å². The van der Waals surface area contributed by atoms with Crippen LogP contribution in [0.2, 0.25) is 0 Å². The molecule has 2 amide bonds. The van der Waals surface area contributed by atoms with Gasteiger partial charge in [0.2, 0.25) is 0 Å². The van der Waals surface area contributed by atoms with Crippen LogP contribution in [0.4, 0.5) is 5.13 Å². The van der Waals surface area contributed by atoms with Crippen LogP contribution >= 0.6 is 22.7 Å². The molecule has 4 aromatic heterocycles. The van der Waals surface area contributed by atoms with Crippen molar-refractivity contribution in [2.24, 2.45) is 0 Å². The maximum Gasteiger partial charge on any atom is 0.274 e. The second kappa shape index (κ2) is 7.30. The Balaban J connectivity index is 1.29. The molecule has 5 heterocycles. The lowest BCUT2D eigenvalue weighted by Crippen LogP contribution is -2.35. The summed E-state index contributed by atoms with van der Waals surface area (Å²) in [6, 6.07) is 7.05. The molecule has 0 saturated carbocycles. The van der Waals surface area contributed by atoms with Gasteiger partial charge in [-0.25, -0.2) is 4.98 Å². The Morgan fingerprint density at radius 1 is 1.31 bits per heavy atom. The zero-order chi connectivity index (χ0) is 19.8. The third-order valence-corrected chi connectivity index (χ3v) is 6.29. The van der Waals surface area contributed by atoms with E-state index in [2.05, 4.69) is 20.5 Å². The Kier molecular flexibility index (Phi) is 4.49. The highest BCUT2D eigenvalue weighted by molar-refractivity contribution is 7.16. The lowest BCUT2D eigenvalue weighted by atomic mass is 10.1. The van der Waals surface area contributed by atoms with Gasteiger partial charge >= 0.3 is 0 Å². The second-order valence-electron chi connectivity index (χ2n) is 6.48. The first-order chi connectivity index (χ1) is 14.2. The summed E-state index contributed by atoms with van der Waals surface area (Å²) >= 11 is 2.88. The van der Waals surface area contributed by atoms with Crippen molar-refractivity contribution in [1.82, 2.24) is 20.1 Å². The maximum absolute atomic E-state index is 12.9. The minimum Gasteiger partial charge on any atom is -0.463 e. The zero-order valence-electron chi connectivity index (χ0n) is 15.0. The molecule has 0 saturated heterocycles. The zero-order valence-corrected chi connectivity index (χ0v) is 16.7. The summed E-state index contributed by atoms with van der Waals surface area (Å²) in [7, 11) is 0. The number of furan rings is 1. The topological polar surface area (TPSA) is 104 Å². The predicted octanol–water partition coefficient (Wildman–Crippen LogP) is 3.64. The van der Waals surface area contributed by atoms with Crippen LogP contribution in [0.1, 0.15) is 31.4 Å². The van der Waals surface area contributed by atoms with Gasteiger partial charge < -0.3 is 9.32 Å². The van der Waals surface area contributed by atoms with Crippen LogP contribution in [-0.2, 0) is 13.0 Å². The minimum atomic E-state index is -0.174. The Labute approximate surface area is 173 Å². The number of rotatable bonds is 4. The maximum atomic E-state index is 12.9. The van der Waals surface area contributed by atoms with Crippen LogP contribution in [0.5, 0.6) is 0 Å². The lowest BCUT2D eigenvalue weighted by Gasteiger charge is -2.25. The van der Waals surface area contributed by atoms with E-state index in [1.165, 1.54) is 22.7 Å². The van der Waals surface area contributed by atoms with Gasteiger partial charge in [0.05, 0.1) is 24.1 Å². The highest BCUT2D eigenvalue weighted by Crippen LogP contribution is 2.29. The van der Waals surface area contributed by atoms with Crippen LogP contribution in [0, 0.1) is 0 Å². The van der Waals surface area contributed by atoms with E-state index in [0.717, 1.165) is 10.6 Å². The molecule has 0 unspecified atom stereocenters. The summed E-state index contributed by atoms with van der Waals surface area (Å²) in [6.07, 6.45) is 2.21. The van der Waals surface area contributed by atoms with Crippen LogP contribution in [0.3, 0.4) is 0 Å². The van der Waals surface area contributed by atoms with Crippen molar-refractivity contribution in [1.29, 1.82) is 0 Å². The SMILES string of the molecule is O=C(Nc1nc2c(s1)CN(C(=O)c1cc(-c3ccco3)[nH]n1)CC2)c1ccsc1. The van der Waals surface area contributed by atoms with Crippen molar-refractivity contribution >= 4 is 39.6 Å². The summed E-state index contributed by atoms with van der Waals surface area (Å²) in [5.41, 5.74) is 2.55. The van der Waals surface area contributed by atoms with Crippen molar-refractivity contribution in [3.05, 3.63) is 63.1 Å². The van der Waals surface area contributed by atoms with Gasteiger partial charge in [-0.1, -0.05) is 11.3 Å². The number of thiazole rings is 1. The number of aromatic nitrogens is 3. The van der Waals surface area contributed by atoms with Crippen LogP contribution in [-0.4, -0.2) is 38.4 Å². The highest BCUT2D eigenvalue weighted by Gasteiger charge is 2.27. The van der Waals surface area contributed by atoms with Gasteiger partial charge in [-0.3, -0.25) is 20.0 Å². The molecule has 1 aliphatic rings. The van der Waals surface area contributed by atoms with E-state index in [9.17, 15) is 9.59 Å². The monoisotopic (exact) mass is 425 g/mol. The smallest absolute Gasteiger partial charge is 0.274 e. The standard InChI is InChI=1S/C19H15N5O3S2/c25-17(11-4-7-28-10-11)21-19-20-12-3-5-24(9-16(12)29-19)18(26)14-8-13(22-23-14)15-2-1-6-27-15/h1-2,4,6-8,10H,3,5,9H2,(H,22,23)(H,20,21,25). The van der Waals surface area contributed by atoms with Gasteiger partial charge in [0.25, 0.3) is 11.8 Å². The number of hydrogen-bond acceptors (Lipinski definition) is 7. The minimum absolute atomic E-state index is 0.151. The number of carbonyl (C=O) groups is 2. The molecule has 0 fully saturated rings. The van der Waals surface area contributed by atoms with Crippen molar-refractivity contribution in [2.75, 3.05) is 11.9 Å². The third kappa shape index (κ3) is 3.47. The Hall–Kier alpha value is -3.24. The molecule has 1 aliphatic heterocycles. The number of anilines is 1. The average molecular weight is 425 g/mol. The number of thiophene rings is 1. The highest BCUT2D eigenvalue weighted by atomic mass is 32.1. The van der Waals surface area contributed by atoms with E-state index in [1.807, 2.05) is 5.38 Å². The van der Waals surface area contributed by atoms with Crippen molar-refractivity contribution < 1.29 is 14.0 Å². The number of nitrogens with zero attached hydrogens (tertiary/aromatic N) is 3. The molecule has 0 aliphatic carbocycles. The number of H-pyrrole nitrogens is 1. The van der Waals surface area contributed by atoms with Gasteiger partial charge in [-0.2, -0.15) is 16.4 Å². The quantitative estimate of drug-likeness (QED) is 0.519. The fraction of sp³-hybridized carbons (Fsp3) is 0.158. The lowest BCUT2D eigenvalue weighted by molar-refractivity contribution is 0.0730. The molecule has 0 spiro atoms.